The molecule has 0 aliphatic carbocycles. The molecule has 1 amide bonds. The minimum Gasteiger partial charge on any atom is -0.496 e. The molecule has 0 saturated heterocycles. The Kier molecular flexibility index (Phi) is 7.37. The number of amides is 1. The number of carbonyl (C=O) groups excluding carboxylic acids is 2. The molecule has 2 aliphatic heterocycles. The van der Waals surface area contributed by atoms with Gasteiger partial charge in [0.2, 0.25) is 5.91 Å². The summed E-state index contributed by atoms with van der Waals surface area (Å²) in [6.07, 6.45) is 0.152. The Hall–Kier alpha value is -3.52. The van der Waals surface area contributed by atoms with Gasteiger partial charge in [0.1, 0.15) is 5.75 Å². The van der Waals surface area contributed by atoms with Gasteiger partial charge in [0.25, 0.3) is 0 Å². The van der Waals surface area contributed by atoms with Crippen LogP contribution in [0.25, 0.3) is 0 Å². The average Bonchev–Trinajstić information content (AvgIpc) is 3.24. The molecule has 1 N–H and O–H groups in total. The van der Waals surface area contributed by atoms with Crippen LogP contribution in [0.15, 0.2) is 82.0 Å². The summed E-state index contributed by atoms with van der Waals surface area (Å²) in [5.74, 6) is 0.108. The molecule has 0 fully saturated rings. The highest BCUT2D eigenvalue weighted by Gasteiger charge is 2.42. The molecule has 1 atom stereocenters. The second-order valence-corrected chi connectivity index (χ2v) is 8.63. The first-order chi connectivity index (χ1) is 16.5. The lowest BCUT2D eigenvalue weighted by Gasteiger charge is -2.36. The minimum atomic E-state index is -0.522. The zero-order valence-corrected chi connectivity index (χ0v) is 20.2. The Bertz CT molecular complexity index is 1170. The van der Waals surface area contributed by atoms with Gasteiger partial charge in [-0.1, -0.05) is 60.3 Å². The Balaban J connectivity index is 1.64. The van der Waals surface area contributed by atoms with Gasteiger partial charge < -0.3 is 19.7 Å². The third kappa shape index (κ3) is 4.87. The van der Waals surface area contributed by atoms with Crippen molar-refractivity contribution in [3.8, 4) is 5.75 Å². The number of amidine groups is 1. The molecule has 176 valence electrons. The molecule has 2 aromatic carbocycles. The van der Waals surface area contributed by atoms with Crippen molar-refractivity contribution in [1.29, 1.82) is 0 Å². The molecule has 7 nitrogen and oxygen atoms in total. The molecular formula is C26H27N3O4S. The van der Waals surface area contributed by atoms with Crippen molar-refractivity contribution >= 4 is 28.8 Å². The van der Waals surface area contributed by atoms with E-state index >= 15 is 0 Å². The monoisotopic (exact) mass is 477 g/mol. The van der Waals surface area contributed by atoms with Gasteiger partial charge in [-0.05, 0) is 30.9 Å². The van der Waals surface area contributed by atoms with Crippen LogP contribution in [-0.2, 0) is 20.9 Å². The van der Waals surface area contributed by atoms with E-state index in [-0.39, 0.29) is 18.9 Å². The fraction of sp³-hybridized carbons (Fsp3) is 0.269. The van der Waals surface area contributed by atoms with E-state index in [1.165, 1.54) is 11.8 Å². The number of nitrogens with zero attached hydrogens (tertiary/aromatic N) is 2. The van der Waals surface area contributed by atoms with Crippen LogP contribution in [0.4, 0.5) is 0 Å². The number of fused-ring (bicyclic) bond motifs is 1. The van der Waals surface area contributed by atoms with E-state index in [2.05, 4.69) is 10.3 Å². The normalized spacial score (nSPS) is 17.0. The summed E-state index contributed by atoms with van der Waals surface area (Å²) in [6, 6.07) is 16.8. The van der Waals surface area contributed by atoms with Crippen molar-refractivity contribution in [3.05, 3.63) is 88.1 Å². The Labute approximate surface area is 203 Å². The molecule has 2 aromatic rings. The number of rotatable bonds is 8. The third-order valence-corrected chi connectivity index (χ3v) is 6.49. The summed E-state index contributed by atoms with van der Waals surface area (Å²) in [5, 5.41) is 5.61. The lowest BCUT2D eigenvalue weighted by atomic mass is 9.93. The molecule has 4 rings (SSSR count). The number of ether oxygens (including phenoxy) is 2. The highest BCUT2D eigenvalue weighted by Crippen LogP contribution is 2.46. The van der Waals surface area contributed by atoms with Gasteiger partial charge >= 0.3 is 5.97 Å². The van der Waals surface area contributed by atoms with Crippen LogP contribution in [0.2, 0.25) is 0 Å². The molecular weight excluding hydrogens is 450 g/mol. The van der Waals surface area contributed by atoms with E-state index < -0.39 is 12.0 Å². The van der Waals surface area contributed by atoms with Crippen molar-refractivity contribution in [2.75, 3.05) is 13.7 Å². The average molecular weight is 478 g/mol. The molecule has 2 aliphatic rings. The van der Waals surface area contributed by atoms with Crippen molar-refractivity contribution in [2.45, 2.75) is 32.9 Å². The number of hydrogen-bond acceptors (Lipinski definition) is 7. The number of aliphatic imine (C=N–C) groups is 1. The first-order valence-corrected chi connectivity index (χ1v) is 12.0. The minimum absolute atomic E-state index is 0.111. The second kappa shape index (κ2) is 10.6. The fourth-order valence-corrected chi connectivity index (χ4v) is 5.01. The first-order valence-electron chi connectivity index (χ1n) is 11.1. The second-order valence-electron chi connectivity index (χ2n) is 7.79. The number of thioether (sulfide) groups is 1. The standard InChI is InChI=1S/C26H27N3O4S/c1-4-33-25(31)23-17(2)28-26-29(24(23)20-12-8-9-13-21(20)32-3)19(16-34-26)14-22(30)27-15-18-10-6-5-7-11-18/h5-13,16,24H,4,14-15H2,1-3H3,(H,27,30)/t24-/m0/s1. The number of allylic oxidation sites excluding steroid dienone is 1. The van der Waals surface area contributed by atoms with E-state index in [1.807, 2.05) is 71.8 Å². The van der Waals surface area contributed by atoms with Crippen molar-refractivity contribution in [2.24, 2.45) is 4.99 Å². The van der Waals surface area contributed by atoms with Crippen molar-refractivity contribution in [3.63, 3.8) is 0 Å². The molecule has 8 heteroatoms. The zero-order valence-electron chi connectivity index (χ0n) is 19.4. The summed E-state index contributed by atoms with van der Waals surface area (Å²) in [4.78, 5) is 32.5. The van der Waals surface area contributed by atoms with E-state index in [1.54, 1.807) is 14.0 Å². The van der Waals surface area contributed by atoms with Crippen molar-refractivity contribution < 1.29 is 19.1 Å². The van der Waals surface area contributed by atoms with Crippen LogP contribution in [-0.4, -0.2) is 35.7 Å². The molecule has 0 saturated carbocycles. The molecule has 0 spiro atoms. The number of methoxy groups -OCH3 is 1. The van der Waals surface area contributed by atoms with Crippen LogP contribution in [0.5, 0.6) is 5.75 Å². The summed E-state index contributed by atoms with van der Waals surface area (Å²) < 4.78 is 11.0. The molecule has 2 heterocycles. The highest BCUT2D eigenvalue weighted by atomic mass is 32.2. The Morgan fingerprint density at radius 1 is 1.12 bits per heavy atom. The largest absolute Gasteiger partial charge is 0.496 e. The quantitative estimate of drug-likeness (QED) is 0.563. The van der Waals surface area contributed by atoms with E-state index in [0.717, 1.165) is 16.8 Å². The summed E-state index contributed by atoms with van der Waals surface area (Å²) in [7, 11) is 1.60. The van der Waals surface area contributed by atoms with Gasteiger partial charge in [0.05, 0.1) is 37.4 Å². The van der Waals surface area contributed by atoms with Gasteiger partial charge in [0.15, 0.2) is 5.17 Å². The van der Waals surface area contributed by atoms with Crippen LogP contribution in [0.1, 0.15) is 37.4 Å². The molecule has 0 radical (unpaired) electrons. The number of benzene rings is 2. The smallest absolute Gasteiger partial charge is 0.338 e. The summed E-state index contributed by atoms with van der Waals surface area (Å²) >= 11 is 1.44. The summed E-state index contributed by atoms with van der Waals surface area (Å²) in [6.45, 7) is 4.29. The number of nitrogens with one attached hydrogen (secondary N) is 1. The summed E-state index contributed by atoms with van der Waals surface area (Å²) in [5.41, 5.74) is 3.63. The maximum absolute atomic E-state index is 13.0. The van der Waals surface area contributed by atoms with Crippen molar-refractivity contribution in [1.82, 2.24) is 10.2 Å². The van der Waals surface area contributed by atoms with Crippen LogP contribution < -0.4 is 10.1 Å². The molecule has 0 unspecified atom stereocenters. The van der Waals surface area contributed by atoms with Gasteiger partial charge in [-0.25, -0.2) is 9.79 Å². The first kappa shape index (κ1) is 23.6. The number of esters is 1. The van der Waals surface area contributed by atoms with Gasteiger partial charge in [-0.2, -0.15) is 0 Å². The molecule has 0 bridgehead atoms. The molecule has 34 heavy (non-hydrogen) atoms. The van der Waals surface area contributed by atoms with Gasteiger partial charge in [-0.15, -0.1) is 0 Å². The lowest BCUT2D eigenvalue weighted by molar-refractivity contribution is -0.139. The topological polar surface area (TPSA) is 80.2 Å². The van der Waals surface area contributed by atoms with E-state index in [9.17, 15) is 9.59 Å². The Morgan fingerprint density at radius 2 is 1.85 bits per heavy atom. The van der Waals surface area contributed by atoms with Crippen LogP contribution in [0, 0.1) is 0 Å². The number of carbonyl (C=O) groups is 2. The maximum atomic E-state index is 13.0. The van der Waals surface area contributed by atoms with E-state index in [4.69, 9.17) is 9.47 Å². The predicted molar refractivity (Wildman–Crippen MR) is 133 cm³/mol. The third-order valence-electron chi connectivity index (χ3n) is 5.60. The fourth-order valence-electron chi connectivity index (χ4n) is 4.05. The van der Waals surface area contributed by atoms with E-state index in [0.29, 0.717) is 28.7 Å². The number of hydrogen-bond donors (Lipinski definition) is 1. The SMILES string of the molecule is CCOC(=O)C1=C(C)N=C2SC=C(CC(=O)NCc3ccccc3)N2[C@H]1c1ccccc1OC. The highest BCUT2D eigenvalue weighted by molar-refractivity contribution is 8.16. The zero-order chi connectivity index (χ0) is 24.1. The predicted octanol–water partition coefficient (Wildman–Crippen LogP) is 4.54. The number of para-hydroxylation sites is 1. The Morgan fingerprint density at radius 3 is 2.59 bits per heavy atom. The maximum Gasteiger partial charge on any atom is 0.338 e. The lowest BCUT2D eigenvalue weighted by Crippen LogP contribution is -2.38. The molecule has 0 aromatic heterocycles. The van der Waals surface area contributed by atoms with Crippen LogP contribution in [0.3, 0.4) is 0 Å². The van der Waals surface area contributed by atoms with Gasteiger partial charge in [0, 0.05) is 17.8 Å². The van der Waals surface area contributed by atoms with Gasteiger partial charge in [-0.3, -0.25) is 4.79 Å². The van der Waals surface area contributed by atoms with Crippen LogP contribution >= 0.6 is 11.8 Å².